The van der Waals surface area contributed by atoms with Gasteiger partial charge < -0.3 is 19.9 Å². The van der Waals surface area contributed by atoms with Gasteiger partial charge in [0.2, 0.25) is 5.89 Å². The fourth-order valence-electron chi connectivity index (χ4n) is 2.12. The molecule has 0 aliphatic rings. The Morgan fingerprint density at radius 1 is 1.44 bits per heavy atom. The lowest BCUT2D eigenvalue weighted by molar-refractivity contribution is 0.386. The maximum absolute atomic E-state index is 13.8. The van der Waals surface area contributed by atoms with Crippen LogP contribution < -0.4 is 15.4 Å². The van der Waals surface area contributed by atoms with E-state index in [-0.39, 0.29) is 42.3 Å². The first-order valence-electron chi connectivity index (χ1n) is 7.71. The minimum Gasteiger partial charge on any atom is -0.494 e. The smallest absolute Gasteiger partial charge is 0.223 e. The van der Waals surface area contributed by atoms with Gasteiger partial charge in [0.05, 0.1) is 13.2 Å². The number of guanidine groups is 1. The van der Waals surface area contributed by atoms with Gasteiger partial charge in [-0.15, -0.1) is 24.0 Å². The Balaban J connectivity index is 0.00000312. The Labute approximate surface area is 163 Å². The first kappa shape index (κ1) is 21.1. The first-order chi connectivity index (χ1) is 11.5. The maximum Gasteiger partial charge on any atom is 0.223 e. The van der Waals surface area contributed by atoms with Crippen molar-refractivity contribution < 1.29 is 13.7 Å². The molecule has 0 aliphatic carbocycles. The Morgan fingerprint density at radius 2 is 2.20 bits per heavy atom. The molecule has 1 unspecified atom stereocenters. The van der Waals surface area contributed by atoms with Gasteiger partial charge in [-0.2, -0.15) is 4.98 Å². The molecule has 0 bridgehead atoms. The van der Waals surface area contributed by atoms with Crippen molar-refractivity contribution in [3.8, 4) is 5.75 Å². The molecule has 0 saturated heterocycles. The van der Waals surface area contributed by atoms with Crippen LogP contribution in [0.1, 0.15) is 37.2 Å². The lowest BCUT2D eigenvalue weighted by atomic mass is 10.1. The van der Waals surface area contributed by atoms with Crippen LogP contribution in [-0.2, 0) is 6.54 Å². The molecule has 1 aromatic carbocycles. The van der Waals surface area contributed by atoms with Gasteiger partial charge in [0.15, 0.2) is 23.4 Å². The summed E-state index contributed by atoms with van der Waals surface area (Å²) in [4.78, 5) is 8.52. The zero-order valence-electron chi connectivity index (χ0n) is 14.7. The summed E-state index contributed by atoms with van der Waals surface area (Å²) in [5.74, 6) is 1.42. The Morgan fingerprint density at radius 3 is 2.76 bits per heavy atom. The maximum atomic E-state index is 13.8. The number of nitrogens with zero attached hydrogens (tertiary/aromatic N) is 3. The van der Waals surface area contributed by atoms with E-state index in [1.54, 1.807) is 13.0 Å². The average Bonchev–Trinajstić information content (AvgIpc) is 2.98. The number of hydrogen-bond acceptors (Lipinski definition) is 5. The van der Waals surface area contributed by atoms with Crippen molar-refractivity contribution in [3.05, 3.63) is 41.3 Å². The number of hydrogen-bond donors (Lipinski definition) is 2. The van der Waals surface area contributed by atoms with Crippen molar-refractivity contribution in [3.63, 3.8) is 0 Å². The monoisotopic (exact) mass is 463 g/mol. The molecule has 9 heteroatoms. The largest absolute Gasteiger partial charge is 0.494 e. The first-order valence-corrected chi connectivity index (χ1v) is 7.71. The zero-order valence-corrected chi connectivity index (χ0v) is 17.0. The number of benzene rings is 1. The molecule has 0 amide bonds. The van der Waals surface area contributed by atoms with Crippen molar-refractivity contribution in [2.75, 3.05) is 13.7 Å². The topological polar surface area (TPSA) is 84.6 Å². The van der Waals surface area contributed by atoms with E-state index in [4.69, 9.17) is 9.26 Å². The van der Waals surface area contributed by atoms with E-state index in [1.807, 2.05) is 19.9 Å². The van der Waals surface area contributed by atoms with Gasteiger partial charge in [0.25, 0.3) is 0 Å². The van der Waals surface area contributed by atoms with E-state index in [1.165, 1.54) is 13.2 Å². The Bertz CT molecular complexity index is 708. The van der Waals surface area contributed by atoms with E-state index in [0.717, 1.165) is 5.56 Å². The number of aryl methyl sites for hydroxylation is 1. The summed E-state index contributed by atoms with van der Waals surface area (Å²) in [6.45, 7) is 6.60. The fraction of sp³-hybridized carbons (Fsp3) is 0.438. The highest BCUT2D eigenvalue weighted by molar-refractivity contribution is 14.0. The van der Waals surface area contributed by atoms with Crippen LogP contribution in [0.4, 0.5) is 4.39 Å². The number of aromatic nitrogens is 2. The summed E-state index contributed by atoms with van der Waals surface area (Å²) in [5, 5.41) is 10.2. The number of nitrogens with one attached hydrogen (secondary N) is 2. The molecule has 0 aliphatic heterocycles. The van der Waals surface area contributed by atoms with Gasteiger partial charge in [-0.25, -0.2) is 9.38 Å². The summed E-state index contributed by atoms with van der Waals surface area (Å²) in [6.07, 6.45) is 0. The highest BCUT2D eigenvalue weighted by Gasteiger charge is 2.11. The van der Waals surface area contributed by atoms with E-state index >= 15 is 0 Å². The van der Waals surface area contributed by atoms with Gasteiger partial charge in [-0.3, -0.25) is 0 Å². The van der Waals surface area contributed by atoms with Crippen LogP contribution in [0.15, 0.2) is 27.7 Å². The minimum absolute atomic E-state index is 0. The second-order valence-electron chi connectivity index (χ2n) is 5.18. The van der Waals surface area contributed by atoms with E-state index in [0.29, 0.717) is 24.2 Å². The second-order valence-corrected chi connectivity index (χ2v) is 5.18. The summed E-state index contributed by atoms with van der Waals surface area (Å²) in [5.41, 5.74) is 0.786. The van der Waals surface area contributed by atoms with Crippen molar-refractivity contribution >= 4 is 29.9 Å². The molecule has 2 aromatic rings. The van der Waals surface area contributed by atoms with Crippen LogP contribution in [-0.4, -0.2) is 29.8 Å². The Hall–Kier alpha value is -1.91. The normalized spacial score (nSPS) is 12.3. The average molecular weight is 463 g/mol. The number of ether oxygens (including phenoxy) is 1. The summed E-state index contributed by atoms with van der Waals surface area (Å²) in [6, 6.07) is 4.72. The van der Waals surface area contributed by atoms with Gasteiger partial charge in [-0.1, -0.05) is 11.2 Å². The van der Waals surface area contributed by atoms with Crippen LogP contribution in [0.25, 0.3) is 0 Å². The van der Waals surface area contributed by atoms with Gasteiger partial charge in [0.1, 0.15) is 6.54 Å². The molecule has 25 heavy (non-hydrogen) atoms. The quantitative estimate of drug-likeness (QED) is 0.390. The van der Waals surface area contributed by atoms with Crippen molar-refractivity contribution in [2.45, 2.75) is 33.4 Å². The third kappa shape index (κ3) is 6.15. The van der Waals surface area contributed by atoms with Crippen molar-refractivity contribution in [2.24, 2.45) is 4.99 Å². The molecule has 2 rings (SSSR count). The molecular formula is C16H23FIN5O2. The standard InChI is InChI=1S/C16H22FN5O2.HI/c1-5-18-16(19-9-15-21-11(3)24-22-15)20-10(2)12-6-7-14(23-4)13(17)8-12;/h6-8,10H,5,9H2,1-4H3,(H2,18,19,20);1H. The van der Waals surface area contributed by atoms with Crippen molar-refractivity contribution in [1.29, 1.82) is 0 Å². The molecule has 1 aromatic heterocycles. The molecule has 7 nitrogen and oxygen atoms in total. The van der Waals surface area contributed by atoms with Gasteiger partial charge in [0, 0.05) is 13.5 Å². The molecule has 0 fully saturated rings. The van der Waals surface area contributed by atoms with Gasteiger partial charge >= 0.3 is 0 Å². The van der Waals surface area contributed by atoms with Crippen LogP contribution in [0.3, 0.4) is 0 Å². The summed E-state index contributed by atoms with van der Waals surface area (Å²) >= 11 is 0. The number of methoxy groups -OCH3 is 1. The predicted molar refractivity (Wildman–Crippen MR) is 104 cm³/mol. The highest BCUT2D eigenvalue weighted by Crippen LogP contribution is 2.21. The third-order valence-corrected chi connectivity index (χ3v) is 3.32. The summed E-state index contributed by atoms with van der Waals surface area (Å²) < 4.78 is 23.7. The van der Waals surface area contributed by atoms with Crippen LogP contribution in [0.5, 0.6) is 5.75 Å². The molecule has 0 spiro atoms. The number of halogens is 2. The fourth-order valence-corrected chi connectivity index (χ4v) is 2.12. The zero-order chi connectivity index (χ0) is 17.5. The number of rotatable bonds is 6. The molecule has 138 valence electrons. The molecule has 1 atom stereocenters. The Kier molecular flexibility index (Phi) is 8.59. The minimum atomic E-state index is -0.395. The van der Waals surface area contributed by atoms with E-state index < -0.39 is 5.82 Å². The predicted octanol–water partition coefficient (Wildman–Crippen LogP) is 2.96. The molecule has 1 heterocycles. The van der Waals surface area contributed by atoms with E-state index in [9.17, 15) is 4.39 Å². The SMILES string of the molecule is CCNC(=NCc1noc(C)n1)NC(C)c1ccc(OC)c(F)c1.I. The van der Waals surface area contributed by atoms with Crippen LogP contribution in [0, 0.1) is 12.7 Å². The van der Waals surface area contributed by atoms with Gasteiger partial charge in [-0.05, 0) is 31.5 Å². The second kappa shape index (κ2) is 10.2. The highest BCUT2D eigenvalue weighted by atomic mass is 127. The molecule has 2 N–H and O–H groups in total. The third-order valence-electron chi connectivity index (χ3n) is 3.32. The molecule has 0 saturated carbocycles. The lowest BCUT2D eigenvalue weighted by Gasteiger charge is -2.18. The lowest BCUT2D eigenvalue weighted by Crippen LogP contribution is -2.38. The van der Waals surface area contributed by atoms with E-state index in [2.05, 4.69) is 25.8 Å². The number of aliphatic imine (C=N–C) groups is 1. The summed E-state index contributed by atoms with van der Waals surface area (Å²) in [7, 11) is 1.44. The van der Waals surface area contributed by atoms with Crippen molar-refractivity contribution in [1.82, 2.24) is 20.8 Å². The molecular weight excluding hydrogens is 440 g/mol. The molecule has 0 radical (unpaired) electrons. The van der Waals surface area contributed by atoms with Crippen LogP contribution in [0.2, 0.25) is 0 Å². The van der Waals surface area contributed by atoms with Crippen LogP contribution >= 0.6 is 24.0 Å².